The van der Waals surface area contributed by atoms with E-state index in [9.17, 15) is 13.2 Å². The van der Waals surface area contributed by atoms with Crippen molar-refractivity contribution in [2.75, 3.05) is 5.73 Å². The fourth-order valence-electron chi connectivity index (χ4n) is 3.40. The smallest absolute Gasteiger partial charge is 0.420 e. The second kappa shape index (κ2) is 5.43. The molecular formula is C16H22F3NO. The van der Waals surface area contributed by atoms with Crippen LogP contribution in [0.4, 0.5) is 18.9 Å². The number of benzene rings is 1. The minimum atomic E-state index is -4.46. The summed E-state index contributed by atoms with van der Waals surface area (Å²) < 4.78 is 44.9. The Morgan fingerprint density at radius 1 is 1.24 bits per heavy atom. The zero-order valence-electron chi connectivity index (χ0n) is 12.6. The molecule has 0 radical (unpaired) electrons. The van der Waals surface area contributed by atoms with Gasteiger partial charge in [0.2, 0.25) is 0 Å². The molecule has 2 rings (SSSR count). The van der Waals surface area contributed by atoms with Crippen LogP contribution < -0.4 is 10.5 Å². The molecule has 1 aromatic rings. The first-order valence-electron chi connectivity index (χ1n) is 7.20. The van der Waals surface area contributed by atoms with Gasteiger partial charge in [0.15, 0.2) is 0 Å². The number of rotatable bonds is 2. The fourth-order valence-corrected chi connectivity index (χ4v) is 3.40. The van der Waals surface area contributed by atoms with Crippen molar-refractivity contribution in [3.63, 3.8) is 0 Å². The van der Waals surface area contributed by atoms with E-state index in [4.69, 9.17) is 10.5 Å². The number of anilines is 1. The number of hydrogen-bond donors (Lipinski definition) is 1. The van der Waals surface area contributed by atoms with E-state index in [1.54, 1.807) is 0 Å². The lowest BCUT2D eigenvalue weighted by molar-refractivity contribution is -0.139. The quantitative estimate of drug-likeness (QED) is 0.790. The Morgan fingerprint density at radius 2 is 1.90 bits per heavy atom. The molecule has 118 valence electrons. The van der Waals surface area contributed by atoms with Crippen LogP contribution in [0.15, 0.2) is 18.2 Å². The van der Waals surface area contributed by atoms with Crippen molar-refractivity contribution >= 4 is 5.69 Å². The summed E-state index contributed by atoms with van der Waals surface area (Å²) in [6.07, 6.45) is -2.03. The van der Waals surface area contributed by atoms with E-state index in [0.717, 1.165) is 25.3 Å². The van der Waals surface area contributed by atoms with Gasteiger partial charge in [-0.1, -0.05) is 20.8 Å². The zero-order valence-corrected chi connectivity index (χ0v) is 12.6. The second-order valence-corrected chi connectivity index (χ2v) is 6.91. The third kappa shape index (κ3) is 4.05. The van der Waals surface area contributed by atoms with E-state index >= 15 is 0 Å². The summed E-state index contributed by atoms with van der Waals surface area (Å²) in [5.41, 5.74) is 4.86. The molecule has 21 heavy (non-hydrogen) atoms. The summed E-state index contributed by atoms with van der Waals surface area (Å²) in [5, 5.41) is 0. The standard InChI is InChI=1S/C16H22F3NO/c1-10-6-12(9-15(2,3)8-10)21-14-5-4-11(20)7-13(14)16(17,18)19/h4-5,7,10,12H,6,8-9,20H2,1-3H3. The maximum atomic E-state index is 13.1. The molecule has 2 N–H and O–H groups in total. The fraction of sp³-hybridized carbons (Fsp3) is 0.625. The van der Waals surface area contributed by atoms with Crippen LogP contribution in [0.2, 0.25) is 0 Å². The Kier molecular flexibility index (Phi) is 4.13. The average molecular weight is 301 g/mol. The van der Waals surface area contributed by atoms with Gasteiger partial charge in [-0.15, -0.1) is 0 Å². The molecule has 0 saturated heterocycles. The van der Waals surface area contributed by atoms with E-state index in [2.05, 4.69) is 20.8 Å². The summed E-state index contributed by atoms with van der Waals surface area (Å²) >= 11 is 0. The van der Waals surface area contributed by atoms with Crippen LogP contribution in [0.3, 0.4) is 0 Å². The van der Waals surface area contributed by atoms with Gasteiger partial charge in [0.05, 0.1) is 11.7 Å². The number of ether oxygens (including phenoxy) is 1. The zero-order chi connectivity index (χ0) is 15.8. The van der Waals surface area contributed by atoms with Gasteiger partial charge in [0.1, 0.15) is 5.75 Å². The van der Waals surface area contributed by atoms with Gasteiger partial charge >= 0.3 is 6.18 Å². The lowest BCUT2D eigenvalue weighted by Gasteiger charge is -2.39. The van der Waals surface area contributed by atoms with Crippen molar-refractivity contribution < 1.29 is 17.9 Å². The predicted octanol–water partition coefficient (Wildman–Crippen LogP) is 4.88. The summed E-state index contributed by atoms with van der Waals surface area (Å²) in [6.45, 7) is 6.38. The van der Waals surface area contributed by atoms with E-state index in [1.165, 1.54) is 12.1 Å². The Balaban J connectivity index is 2.23. The molecule has 2 atom stereocenters. The molecule has 0 aromatic heterocycles. The van der Waals surface area contributed by atoms with Crippen LogP contribution >= 0.6 is 0 Å². The van der Waals surface area contributed by atoms with Crippen LogP contribution in [-0.2, 0) is 6.18 Å². The molecular weight excluding hydrogens is 279 g/mol. The maximum absolute atomic E-state index is 13.1. The highest BCUT2D eigenvalue weighted by atomic mass is 19.4. The number of alkyl halides is 3. The molecule has 1 aliphatic rings. The van der Waals surface area contributed by atoms with Crippen LogP contribution in [0, 0.1) is 11.3 Å². The highest BCUT2D eigenvalue weighted by Crippen LogP contribution is 2.42. The molecule has 1 aliphatic carbocycles. The van der Waals surface area contributed by atoms with Gasteiger partial charge in [0, 0.05) is 5.69 Å². The molecule has 0 bridgehead atoms. The van der Waals surface area contributed by atoms with Crippen molar-refractivity contribution in [3.8, 4) is 5.75 Å². The van der Waals surface area contributed by atoms with Crippen LogP contribution in [0.25, 0.3) is 0 Å². The van der Waals surface area contributed by atoms with Gasteiger partial charge < -0.3 is 10.5 Å². The molecule has 0 heterocycles. The van der Waals surface area contributed by atoms with Gasteiger partial charge in [-0.2, -0.15) is 13.2 Å². The average Bonchev–Trinajstić information content (AvgIpc) is 2.27. The van der Waals surface area contributed by atoms with E-state index in [1.807, 2.05) is 0 Å². The first-order chi connectivity index (χ1) is 9.57. The van der Waals surface area contributed by atoms with Gasteiger partial charge in [-0.25, -0.2) is 0 Å². The summed E-state index contributed by atoms with van der Waals surface area (Å²) in [4.78, 5) is 0. The molecule has 0 aliphatic heterocycles. The van der Waals surface area contributed by atoms with Gasteiger partial charge in [-0.05, 0) is 48.8 Å². The molecule has 1 saturated carbocycles. The topological polar surface area (TPSA) is 35.2 Å². The van der Waals surface area contributed by atoms with E-state index < -0.39 is 11.7 Å². The van der Waals surface area contributed by atoms with Crippen molar-refractivity contribution in [1.29, 1.82) is 0 Å². The third-order valence-corrected chi connectivity index (χ3v) is 3.95. The Hall–Kier alpha value is -1.39. The molecule has 2 unspecified atom stereocenters. The Labute approximate surface area is 123 Å². The highest BCUT2D eigenvalue weighted by molar-refractivity contribution is 5.49. The normalized spacial score (nSPS) is 25.6. The first kappa shape index (κ1) is 16.0. The van der Waals surface area contributed by atoms with Crippen LogP contribution in [-0.4, -0.2) is 6.10 Å². The number of nitrogens with two attached hydrogens (primary N) is 1. The third-order valence-electron chi connectivity index (χ3n) is 3.95. The molecule has 1 aromatic carbocycles. The molecule has 0 spiro atoms. The lowest BCUT2D eigenvalue weighted by Crippen LogP contribution is -2.34. The Morgan fingerprint density at radius 3 is 2.48 bits per heavy atom. The van der Waals surface area contributed by atoms with Crippen molar-refractivity contribution in [1.82, 2.24) is 0 Å². The van der Waals surface area contributed by atoms with Crippen LogP contribution in [0.5, 0.6) is 5.75 Å². The first-order valence-corrected chi connectivity index (χ1v) is 7.20. The largest absolute Gasteiger partial charge is 0.490 e. The summed E-state index contributed by atoms with van der Waals surface area (Å²) in [7, 11) is 0. The summed E-state index contributed by atoms with van der Waals surface area (Å²) in [5.74, 6) is 0.327. The molecule has 0 amide bonds. The molecule has 2 nitrogen and oxygen atoms in total. The highest BCUT2D eigenvalue weighted by Gasteiger charge is 2.37. The second-order valence-electron chi connectivity index (χ2n) is 6.91. The maximum Gasteiger partial charge on any atom is 0.420 e. The van der Waals surface area contributed by atoms with Crippen LogP contribution in [0.1, 0.15) is 45.6 Å². The molecule has 5 heteroatoms. The van der Waals surface area contributed by atoms with Crippen molar-refractivity contribution in [3.05, 3.63) is 23.8 Å². The summed E-state index contributed by atoms with van der Waals surface area (Å²) in [6, 6.07) is 3.71. The SMILES string of the molecule is CC1CC(Oc2ccc(N)cc2C(F)(F)F)CC(C)(C)C1. The van der Waals surface area contributed by atoms with Crippen molar-refractivity contribution in [2.45, 2.75) is 52.3 Å². The minimum Gasteiger partial charge on any atom is -0.490 e. The number of hydrogen-bond acceptors (Lipinski definition) is 2. The van der Waals surface area contributed by atoms with Gasteiger partial charge in [0.25, 0.3) is 0 Å². The van der Waals surface area contributed by atoms with Crippen molar-refractivity contribution in [2.24, 2.45) is 11.3 Å². The monoisotopic (exact) mass is 301 g/mol. The lowest BCUT2D eigenvalue weighted by atomic mass is 9.71. The predicted molar refractivity (Wildman–Crippen MR) is 77.1 cm³/mol. The van der Waals surface area contributed by atoms with E-state index in [-0.39, 0.29) is 23.0 Å². The Bertz CT molecular complexity index is 511. The minimum absolute atomic E-state index is 0.0898. The number of nitrogen functional groups attached to an aromatic ring is 1. The number of halogens is 3. The van der Waals surface area contributed by atoms with Gasteiger partial charge in [-0.3, -0.25) is 0 Å². The molecule has 1 fully saturated rings. The van der Waals surface area contributed by atoms with E-state index in [0.29, 0.717) is 5.92 Å².